The topological polar surface area (TPSA) is 37.3 Å². The van der Waals surface area contributed by atoms with Gasteiger partial charge in [0.25, 0.3) is 0 Å². The number of ketones is 1. The number of aliphatic hydroxyl groups is 1. The van der Waals surface area contributed by atoms with Gasteiger partial charge in [0.05, 0.1) is 19.6 Å². The molecule has 0 saturated carbocycles. The standard InChI is InChI=1S/C10H16O2SSi/c1-7(12)10-8(6-11)5-9(13-10)14(2,3)4/h5,11H,6H2,1-4H3. The first-order valence-corrected chi connectivity index (χ1v) is 8.93. The zero-order valence-corrected chi connectivity index (χ0v) is 10.9. The molecular weight excluding hydrogens is 212 g/mol. The first-order chi connectivity index (χ1) is 6.36. The Labute approximate surface area is 89.6 Å². The van der Waals surface area contributed by atoms with Crippen LogP contribution in [0.5, 0.6) is 0 Å². The average Bonchev–Trinajstić information content (AvgIpc) is 2.45. The molecule has 0 saturated heterocycles. The monoisotopic (exact) mass is 228 g/mol. The molecule has 14 heavy (non-hydrogen) atoms. The highest BCUT2D eigenvalue weighted by molar-refractivity contribution is 7.27. The molecule has 1 heterocycles. The van der Waals surface area contributed by atoms with Gasteiger partial charge < -0.3 is 5.11 Å². The van der Waals surface area contributed by atoms with Crippen molar-refractivity contribution in [2.45, 2.75) is 33.2 Å². The zero-order chi connectivity index (χ0) is 10.9. The minimum Gasteiger partial charge on any atom is -0.392 e. The second kappa shape index (κ2) is 3.96. The molecule has 0 aliphatic rings. The Bertz CT molecular complexity index is 349. The molecule has 0 unspecified atom stereocenters. The van der Waals surface area contributed by atoms with Crippen molar-refractivity contribution in [3.63, 3.8) is 0 Å². The van der Waals surface area contributed by atoms with Crippen LogP contribution < -0.4 is 4.50 Å². The van der Waals surface area contributed by atoms with Crippen LogP contribution in [0.2, 0.25) is 19.6 Å². The summed E-state index contributed by atoms with van der Waals surface area (Å²) in [7, 11) is -1.35. The van der Waals surface area contributed by atoms with Gasteiger partial charge in [0, 0.05) is 0 Å². The smallest absolute Gasteiger partial charge is 0.170 e. The van der Waals surface area contributed by atoms with E-state index in [1.165, 1.54) is 4.50 Å². The molecule has 0 aliphatic heterocycles. The predicted octanol–water partition coefficient (Wildman–Crippen LogP) is 1.99. The largest absolute Gasteiger partial charge is 0.392 e. The second-order valence-corrected chi connectivity index (χ2v) is 10.9. The third kappa shape index (κ3) is 2.32. The Kier molecular flexibility index (Phi) is 3.29. The molecule has 0 bridgehead atoms. The van der Waals surface area contributed by atoms with Crippen molar-refractivity contribution in [2.24, 2.45) is 0 Å². The summed E-state index contributed by atoms with van der Waals surface area (Å²) < 4.78 is 1.28. The number of thiophene rings is 1. The minimum atomic E-state index is -1.35. The minimum absolute atomic E-state index is 0.0319. The third-order valence-electron chi connectivity index (χ3n) is 2.04. The van der Waals surface area contributed by atoms with Crippen LogP contribution >= 0.6 is 11.3 Å². The van der Waals surface area contributed by atoms with Crippen molar-refractivity contribution in [2.75, 3.05) is 0 Å². The maximum atomic E-state index is 11.3. The van der Waals surface area contributed by atoms with Crippen molar-refractivity contribution in [1.82, 2.24) is 0 Å². The molecule has 0 fully saturated rings. The van der Waals surface area contributed by atoms with Crippen molar-refractivity contribution in [1.29, 1.82) is 0 Å². The molecule has 4 heteroatoms. The molecule has 1 aromatic heterocycles. The van der Waals surface area contributed by atoms with Crippen LogP contribution in [-0.2, 0) is 6.61 Å². The Morgan fingerprint density at radius 1 is 1.50 bits per heavy atom. The van der Waals surface area contributed by atoms with Gasteiger partial charge in [-0.1, -0.05) is 19.6 Å². The van der Waals surface area contributed by atoms with Gasteiger partial charge in [-0.05, 0) is 23.1 Å². The normalized spacial score (nSPS) is 11.8. The lowest BCUT2D eigenvalue weighted by molar-refractivity contribution is 0.101. The average molecular weight is 228 g/mol. The van der Waals surface area contributed by atoms with Gasteiger partial charge in [-0.2, -0.15) is 0 Å². The van der Waals surface area contributed by atoms with Crippen LogP contribution in [-0.4, -0.2) is 19.0 Å². The van der Waals surface area contributed by atoms with Gasteiger partial charge in [0.15, 0.2) is 5.78 Å². The molecule has 78 valence electrons. The molecule has 0 atom stereocenters. The lowest BCUT2D eigenvalue weighted by atomic mass is 10.2. The van der Waals surface area contributed by atoms with Gasteiger partial charge in [0.1, 0.15) is 0 Å². The Morgan fingerprint density at radius 2 is 2.07 bits per heavy atom. The molecular formula is C10H16O2SSi. The molecule has 0 aromatic carbocycles. The SMILES string of the molecule is CC(=O)c1sc([Si](C)(C)C)cc1CO. The summed E-state index contributed by atoms with van der Waals surface area (Å²) in [5.41, 5.74) is 0.792. The lowest BCUT2D eigenvalue weighted by Gasteiger charge is -2.12. The molecule has 0 radical (unpaired) electrons. The fraction of sp³-hybridized carbons (Fsp3) is 0.500. The van der Waals surface area contributed by atoms with Gasteiger partial charge >= 0.3 is 0 Å². The highest BCUT2D eigenvalue weighted by atomic mass is 32.1. The predicted molar refractivity (Wildman–Crippen MR) is 63.2 cm³/mol. The fourth-order valence-electron chi connectivity index (χ4n) is 1.21. The van der Waals surface area contributed by atoms with E-state index in [0.29, 0.717) is 0 Å². The van der Waals surface area contributed by atoms with Crippen molar-refractivity contribution in [3.8, 4) is 0 Å². The molecule has 2 nitrogen and oxygen atoms in total. The van der Waals surface area contributed by atoms with E-state index in [9.17, 15) is 4.79 Å². The number of hydrogen-bond acceptors (Lipinski definition) is 3. The quantitative estimate of drug-likeness (QED) is 0.634. The highest BCUT2D eigenvalue weighted by Crippen LogP contribution is 2.19. The molecule has 0 spiro atoms. The van der Waals surface area contributed by atoms with Crippen LogP contribution in [0.25, 0.3) is 0 Å². The maximum absolute atomic E-state index is 11.3. The van der Waals surface area contributed by atoms with Crippen LogP contribution in [0.15, 0.2) is 6.07 Å². The van der Waals surface area contributed by atoms with Gasteiger partial charge in [0.2, 0.25) is 0 Å². The summed E-state index contributed by atoms with van der Waals surface area (Å²) in [5.74, 6) is 0.0588. The van der Waals surface area contributed by atoms with Crippen LogP contribution in [0, 0.1) is 0 Å². The summed E-state index contributed by atoms with van der Waals surface area (Å²) in [4.78, 5) is 12.0. The van der Waals surface area contributed by atoms with E-state index in [2.05, 4.69) is 19.6 Å². The number of Topliss-reactive ketones (excluding diaryl/α,β-unsaturated/α-hetero) is 1. The molecule has 1 rings (SSSR count). The van der Waals surface area contributed by atoms with E-state index in [0.717, 1.165) is 10.4 Å². The summed E-state index contributed by atoms with van der Waals surface area (Å²) in [6.07, 6.45) is 0. The van der Waals surface area contributed by atoms with Crippen molar-refractivity contribution >= 4 is 29.7 Å². The summed E-state index contributed by atoms with van der Waals surface area (Å²) in [6.45, 7) is 8.24. The zero-order valence-electron chi connectivity index (χ0n) is 9.05. The molecule has 1 N–H and O–H groups in total. The van der Waals surface area contributed by atoms with E-state index in [1.54, 1.807) is 18.3 Å². The number of rotatable bonds is 3. The van der Waals surface area contributed by atoms with E-state index in [4.69, 9.17) is 5.11 Å². The second-order valence-electron chi connectivity index (χ2n) is 4.43. The van der Waals surface area contributed by atoms with Crippen molar-refractivity contribution in [3.05, 3.63) is 16.5 Å². The summed E-state index contributed by atoms with van der Waals surface area (Å²) in [6, 6.07) is 1.99. The fourth-order valence-corrected chi connectivity index (χ4v) is 4.17. The van der Waals surface area contributed by atoms with E-state index in [1.807, 2.05) is 6.07 Å². The van der Waals surface area contributed by atoms with Gasteiger partial charge in [-0.3, -0.25) is 4.79 Å². The summed E-state index contributed by atoms with van der Waals surface area (Å²) in [5, 5.41) is 9.12. The first kappa shape index (κ1) is 11.6. The van der Waals surface area contributed by atoms with Crippen molar-refractivity contribution < 1.29 is 9.90 Å². The van der Waals surface area contributed by atoms with Crippen LogP contribution in [0.1, 0.15) is 22.2 Å². The molecule has 0 amide bonds. The van der Waals surface area contributed by atoms with Crippen LogP contribution in [0.3, 0.4) is 0 Å². The Hall–Kier alpha value is -0.453. The molecule has 0 aliphatic carbocycles. The number of carbonyl (C=O) groups is 1. The first-order valence-electron chi connectivity index (χ1n) is 4.61. The Morgan fingerprint density at radius 3 is 2.36 bits per heavy atom. The summed E-state index contributed by atoms with van der Waals surface area (Å²) >= 11 is 1.55. The molecule has 1 aromatic rings. The van der Waals surface area contributed by atoms with E-state index < -0.39 is 8.07 Å². The number of carbonyl (C=O) groups excluding carboxylic acids is 1. The van der Waals surface area contributed by atoms with E-state index >= 15 is 0 Å². The lowest BCUT2D eigenvalue weighted by Crippen LogP contribution is -2.34. The van der Waals surface area contributed by atoms with Crippen LogP contribution in [0.4, 0.5) is 0 Å². The van der Waals surface area contributed by atoms with Gasteiger partial charge in [-0.25, -0.2) is 0 Å². The van der Waals surface area contributed by atoms with Gasteiger partial charge in [-0.15, -0.1) is 11.3 Å². The highest BCUT2D eigenvalue weighted by Gasteiger charge is 2.22. The number of aliphatic hydroxyl groups excluding tert-OH is 1. The Balaban J connectivity index is 3.20. The number of hydrogen-bond donors (Lipinski definition) is 1. The third-order valence-corrected chi connectivity index (χ3v) is 6.90. The maximum Gasteiger partial charge on any atom is 0.170 e. The van der Waals surface area contributed by atoms with E-state index in [-0.39, 0.29) is 12.4 Å².